The Balaban J connectivity index is 2.55. The highest BCUT2D eigenvalue weighted by Gasteiger charge is 2.02. The summed E-state index contributed by atoms with van der Waals surface area (Å²) in [4.78, 5) is 0. The van der Waals surface area contributed by atoms with Gasteiger partial charge in [0.15, 0.2) is 0 Å². The van der Waals surface area contributed by atoms with E-state index in [0.717, 1.165) is 11.3 Å². The first-order valence-corrected chi connectivity index (χ1v) is 3.92. The Morgan fingerprint density at radius 2 is 2.33 bits per heavy atom. The SMILES string of the molecule is Clc1[c]cccc1-c1cc[nH]n1. The number of H-pyrrole nitrogens is 1. The maximum Gasteiger partial charge on any atom is 0.0935 e. The molecule has 0 atom stereocenters. The van der Waals surface area contributed by atoms with Crippen LogP contribution in [0.25, 0.3) is 11.3 Å². The molecule has 0 aliphatic carbocycles. The third-order valence-electron chi connectivity index (χ3n) is 1.58. The van der Waals surface area contributed by atoms with Crippen molar-refractivity contribution in [3.05, 3.63) is 41.6 Å². The molecular weight excluding hydrogens is 172 g/mol. The molecule has 2 aromatic rings. The first-order valence-electron chi connectivity index (χ1n) is 3.54. The zero-order valence-corrected chi connectivity index (χ0v) is 6.97. The van der Waals surface area contributed by atoms with E-state index in [2.05, 4.69) is 16.3 Å². The average Bonchev–Trinajstić information content (AvgIpc) is 2.57. The van der Waals surface area contributed by atoms with Crippen LogP contribution in [-0.2, 0) is 0 Å². The molecule has 0 spiro atoms. The van der Waals surface area contributed by atoms with Gasteiger partial charge in [-0.15, -0.1) is 0 Å². The molecule has 12 heavy (non-hydrogen) atoms. The van der Waals surface area contributed by atoms with Gasteiger partial charge in [-0.25, -0.2) is 0 Å². The molecule has 3 heteroatoms. The van der Waals surface area contributed by atoms with Gasteiger partial charge < -0.3 is 0 Å². The van der Waals surface area contributed by atoms with Gasteiger partial charge in [-0.05, 0) is 6.07 Å². The third-order valence-corrected chi connectivity index (χ3v) is 1.90. The van der Waals surface area contributed by atoms with E-state index in [0.29, 0.717) is 5.02 Å². The monoisotopic (exact) mass is 177 g/mol. The number of aromatic amines is 1. The first-order chi connectivity index (χ1) is 5.88. The fourth-order valence-electron chi connectivity index (χ4n) is 1.02. The van der Waals surface area contributed by atoms with Crippen LogP contribution in [0.4, 0.5) is 0 Å². The zero-order valence-electron chi connectivity index (χ0n) is 6.21. The smallest absolute Gasteiger partial charge is 0.0935 e. The van der Waals surface area contributed by atoms with Crippen LogP contribution >= 0.6 is 11.6 Å². The Hall–Kier alpha value is -1.28. The van der Waals surface area contributed by atoms with E-state index in [1.165, 1.54) is 0 Å². The van der Waals surface area contributed by atoms with Crippen LogP contribution in [0.2, 0.25) is 5.02 Å². The maximum atomic E-state index is 5.91. The van der Waals surface area contributed by atoms with Crippen LogP contribution in [-0.4, -0.2) is 10.2 Å². The lowest BCUT2D eigenvalue weighted by Gasteiger charge is -1.96. The molecule has 0 fully saturated rings. The number of rotatable bonds is 1. The quantitative estimate of drug-likeness (QED) is 0.713. The topological polar surface area (TPSA) is 28.7 Å². The number of halogens is 1. The molecule has 0 amide bonds. The molecule has 1 N–H and O–H groups in total. The van der Waals surface area contributed by atoms with Crippen molar-refractivity contribution in [1.82, 2.24) is 10.2 Å². The van der Waals surface area contributed by atoms with Crippen molar-refractivity contribution in [2.75, 3.05) is 0 Å². The normalized spacial score (nSPS) is 10.1. The minimum atomic E-state index is 0.601. The van der Waals surface area contributed by atoms with Crippen LogP contribution < -0.4 is 0 Å². The van der Waals surface area contributed by atoms with E-state index in [4.69, 9.17) is 11.6 Å². The molecule has 2 rings (SSSR count). The minimum Gasteiger partial charge on any atom is -0.285 e. The van der Waals surface area contributed by atoms with Crippen molar-refractivity contribution in [3.63, 3.8) is 0 Å². The number of benzene rings is 1. The summed E-state index contributed by atoms with van der Waals surface area (Å²) in [5.74, 6) is 0. The van der Waals surface area contributed by atoms with Crippen molar-refractivity contribution in [2.24, 2.45) is 0 Å². The highest BCUT2D eigenvalue weighted by atomic mass is 35.5. The summed E-state index contributed by atoms with van der Waals surface area (Å²) in [6.07, 6.45) is 1.76. The maximum absolute atomic E-state index is 5.91. The third kappa shape index (κ3) is 1.21. The van der Waals surface area contributed by atoms with Crippen LogP contribution in [0.15, 0.2) is 30.5 Å². The van der Waals surface area contributed by atoms with Crippen molar-refractivity contribution in [2.45, 2.75) is 0 Å². The van der Waals surface area contributed by atoms with Gasteiger partial charge in [-0.3, -0.25) is 5.10 Å². The molecular formula is C9H6ClN2. The van der Waals surface area contributed by atoms with Gasteiger partial charge in [0.05, 0.1) is 10.7 Å². The first kappa shape index (κ1) is 7.37. The summed E-state index contributed by atoms with van der Waals surface area (Å²) >= 11 is 5.91. The highest BCUT2D eigenvalue weighted by Crippen LogP contribution is 2.24. The van der Waals surface area contributed by atoms with Gasteiger partial charge in [-0.1, -0.05) is 29.8 Å². The van der Waals surface area contributed by atoms with E-state index in [1.807, 2.05) is 18.2 Å². The highest BCUT2D eigenvalue weighted by molar-refractivity contribution is 6.33. The summed E-state index contributed by atoms with van der Waals surface area (Å²) < 4.78 is 0. The van der Waals surface area contributed by atoms with Crippen LogP contribution in [0.5, 0.6) is 0 Å². The summed E-state index contributed by atoms with van der Waals surface area (Å²) in [7, 11) is 0. The zero-order chi connectivity index (χ0) is 8.39. The van der Waals surface area contributed by atoms with E-state index >= 15 is 0 Å². The molecule has 59 valence electrons. The second-order valence-corrected chi connectivity index (χ2v) is 2.74. The van der Waals surface area contributed by atoms with Crippen molar-refractivity contribution in [1.29, 1.82) is 0 Å². The lowest BCUT2D eigenvalue weighted by Crippen LogP contribution is -1.78. The Bertz CT molecular complexity index is 368. The van der Waals surface area contributed by atoms with Gasteiger partial charge >= 0.3 is 0 Å². The number of hydrogen-bond donors (Lipinski definition) is 1. The number of nitrogens with zero attached hydrogens (tertiary/aromatic N) is 1. The van der Waals surface area contributed by atoms with Crippen molar-refractivity contribution < 1.29 is 0 Å². The number of nitrogens with one attached hydrogen (secondary N) is 1. The molecule has 0 bridgehead atoms. The molecule has 1 radical (unpaired) electrons. The van der Waals surface area contributed by atoms with Gasteiger partial charge in [0.1, 0.15) is 0 Å². The van der Waals surface area contributed by atoms with E-state index in [1.54, 1.807) is 12.3 Å². The molecule has 0 aliphatic rings. The van der Waals surface area contributed by atoms with Crippen LogP contribution in [0.1, 0.15) is 0 Å². The summed E-state index contributed by atoms with van der Waals surface area (Å²) in [5, 5.41) is 7.35. The fraction of sp³-hybridized carbons (Fsp3) is 0. The largest absolute Gasteiger partial charge is 0.285 e. The number of aromatic nitrogens is 2. The molecule has 2 nitrogen and oxygen atoms in total. The average molecular weight is 178 g/mol. The standard InChI is InChI=1S/C9H6ClN2/c10-8-4-2-1-3-7(8)9-5-6-11-12-9/h1-3,5-6H,(H,11,12). The van der Waals surface area contributed by atoms with Gasteiger partial charge in [0.25, 0.3) is 0 Å². The molecule has 1 aromatic carbocycles. The van der Waals surface area contributed by atoms with Gasteiger partial charge in [-0.2, -0.15) is 5.10 Å². The van der Waals surface area contributed by atoms with E-state index in [-0.39, 0.29) is 0 Å². The Kier molecular flexibility index (Phi) is 1.84. The molecule has 0 saturated carbocycles. The Morgan fingerprint density at radius 3 is 3.00 bits per heavy atom. The second-order valence-electron chi connectivity index (χ2n) is 2.36. The predicted molar refractivity (Wildman–Crippen MR) is 47.9 cm³/mol. The fourth-order valence-corrected chi connectivity index (χ4v) is 1.25. The van der Waals surface area contributed by atoms with E-state index < -0.39 is 0 Å². The Morgan fingerprint density at radius 1 is 1.42 bits per heavy atom. The molecule has 0 saturated heterocycles. The molecule has 0 unspecified atom stereocenters. The Labute approximate surface area is 75.2 Å². The lowest BCUT2D eigenvalue weighted by molar-refractivity contribution is 1.10. The van der Waals surface area contributed by atoms with Gasteiger partial charge in [0.2, 0.25) is 0 Å². The van der Waals surface area contributed by atoms with E-state index in [9.17, 15) is 0 Å². The van der Waals surface area contributed by atoms with Crippen molar-refractivity contribution >= 4 is 11.6 Å². The summed E-state index contributed by atoms with van der Waals surface area (Å²) in [6.45, 7) is 0. The second kappa shape index (κ2) is 2.99. The summed E-state index contributed by atoms with van der Waals surface area (Å²) in [6, 6.07) is 10.3. The van der Waals surface area contributed by atoms with Crippen LogP contribution in [0, 0.1) is 6.07 Å². The lowest BCUT2D eigenvalue weighted by atomic mass is 10.2. The number of hydrogen-bond acceptors (Lipinski definition) is 1. The molecule has 1 heterocycles. The van der Waals surface area contributed by atoms with Crippen molar-refractivity contribution in [3.8, 4) is 11.3 Å². The minimum absolute atomic E-state index is 0.601. The van der Waals surface area contributed by atoms with Crippen LogP contribution in [0.3, 0.4) is 0 Å². The van der Waals surface area contributed by atoms with Gasteiger partial charge in [0, 0.05) is 17.8 Å². The summed E-state index contributed by atoms with van der Waals surface area (Å²) in [5.41, 5.74) is 1.75. The molecule has 0 aliphatic heterocycles. The predicted octanol–water partition coefficient (Wildman–Crippen LogP) is 2.53. The molecule has 1 aromatic heterocycles.